The van der Waals surface area contributed by atoms with Gasteiger partial charge < -0.3 is 10.6 Å². The third-order valence-electron chi connectivity index (χ3n) is 3.61. The lowest BCUT2D eigenvalue weighted by atomic mass is 10.1. The minimum atomic E-state index is -3.23. The van der Waals surface area contributed by atoms with E-state index in [0.717, 1.165) is 11.8 Å². The highest BCUT2D eigenvalue weighted by Gasteiger charge is 2.12. The summed E-state index contributed by atoms with van der Waals surface area (Å²) in [5.74, 6) is -0.385. The summed E-state index contributed by atoms with van der Waals surface area (Å²) in [6.07, 6.45) is 1.32. The molecule has 1 heterocycles. The zero-order valence-corrected chi connectivity index (χ0v) is 15.6. The van der Waals surface area contributed by atoms with Crippen LogP contribution in [0.5, 0.6) is 0 Å². The highest BCUT2D eigenvalue weighted by Crippen LogP contribution is 2.16. The van der Waals surface area contributed by atoms with Gasteiger partial charge >= 0.3 is 0 Å². The first-order chi connectivity index (χ1) is 11.8. The molecule has 0 aliphatic rings. The van der Waals surface area contributed by atoms with Crippen LogP contribution in [0, 0.1) is 0 Å². The van der Waals surface area contributed by atoms with E-state index < -0.39 is 9.84 Å². The molecule has 1 aromatic carbocycles. The summed E-state index contributed by atoms with van der Waals surface area (Å²) in [5.41, 5.74) is 1.40. The summed E-state index contributed by atoms with van der Waals surface area (Å²) < 4.78 is 22.9. The van der Waals surface area contributed by atoms with Gasteiger partial charge in [-0.05, 0) is 36.1 Å². The predicted octanol–water partition coefficient (Wildman–Crippen LogP) is 2.15. The summed E-state index contributed by atoms with van der Waals surface area (Å²) in [4.78, 5) is 24.0. The number of sulfone groups is 1. The van der Waals surface area contributed by atoms with Gasteiger partial charge in [0.15, 0.2) is 9.84 Å². The molecule has 2 amide bonds. The quantitative estimate of drug-likeness (QED) is 0.770. The number of carbonyl (C=O) groups excluding carboxylic acids is 2. The molecule has 2 aromatic rings. The molecule has 0 bridgehead atoms. The molecule has 8 heteroatoms. The van der Waals surface area contributed by atoms with Crippen molar-refractivity contribution in [3.05, 3.63) is 52.2 Å². The molecule has 0 radical (unpaired) electrons. The minimum absolute atomic E-state index is 0.168. The molecule has 1 aromatic heterocycles. The Morgan fingerprint density at radius 1 is 1.16 bits per heavy atom. The number of rotatable bonds is 7. The van der Waals surface area contributed by atoms with Crippen molar-refractivity contribution >= 4 is 33.0 Å². The fourth-order valence-corrected chi connectivity index (χ4v) is 3.45. The van der Waals surface area contributed by atoms with E-state index in [1.165, 1.54) is 23.5 Å². The van der Waals surface area contributed by atoms with Crippen LogP contribution in [0.4, 0.5) is 0 Å². The number of hydrogen-bond donors (Lipinski definition) is 2. The summed E-state index contributed by atoms with van der Waals surface area (Å²) in [5, 5.41) is 9.08. The molecule has 2 rings (SSSR count). The zero-order chi connectivity index (χ0) is 18.4. The molecule has 0 fully saturated rings. The Morgan fingerprint density at radius 2 is 1.84 bits per heavy atom. The van der Waals surface area contributed by atoms with Crippen LogP contribution in [-0.4, -0.2) is 33.0 Å². The van der Waals surface area contributed by atoms with Gasteiger partial charge in [0, 0.05) is 30.2 Å². The van der Waals surface area contributed by atoms with Gasteiger partial charge in [-0.3, -0.25) is 9.59 Å². The number of carbonyl (C=O) groups is 2. The highest BCUT2D eigenvalue weighted by molar-refractivity contribution is 7.90. The number of nitrogens with one attached hydrogen (secondary N) is 2. The summed E-state index contributed by atoms with van der Waals surface area (Å²) >= 11 is 1.44. The molecule has 134 valence electrons. The van der Waals surface area contributed by atoms with Gasteiger partial charge in [-0.15, -0.1) is 0 Å². The first-order valence-corrected chi connectivity index (χ1v) is 10.5. The molecule has 1 atom stereocenters. The average Bonchev–Trinajstić information content (AvgIpc) is 3.08. The lowest BCUT2D eigenvalue weighted by Gasteiger charge is -2.15. The maximum atomic E-state index is 12.0. The Kier molecular flexibility index (Phi) is 6.33. The van der Waals surface area contributed by atoms with E-state index in [1.54, 1.807) is 23.6 Å². The van der Waals surface area contributed by atoms with Gasteiger partial charge in [0.1, 0.15) is 0 Å². The van der Waals surface area contributed by atoms with Crippen molar-refractivity contribution in [1.29, 1.82) is 0 Å². The molecule has 1 unspecified atom stereocenters. The van der Waals surface area contributed by atoms with E-state index in [4.69, 9.17) is 0 Å². The van der Waals surface area contributed by atoms with Crippen LogP contribution in [0.3, 0.4) is 0 Å². The Morgan fingerprint density at radius 3 is 2.40 bits per heavy atom. The first-order valence-electron chi connectivity index (χ1n) is 7.67. The van der Waals surface area contributed by atoms with Crippen molar-refractivity contribution in [3.63, 3.8) is 0 Å². The lowest BCUT2D eigenvalue weighted by Crippen LogP contribution is -2.31. The van der Waals surface area contributed by atoms with Gasteiger partial charge in [-0.1, -0.05) is 12.1 Å². The minimum Gasteiger partial charge on any atom is -0.351 e. The van der Waals surface area contributed by atoms with Gasteiger partial charge in [0.2, 0.25) is 5.91 Å². The second kappa shape index (κ2) is 8.26. The third kappa shape index (κ3) is 5.68. The van der Waals surface area contributed by atoms with Crippen LogP contribution in [0.15, 0.2) is 46.0 Å². The first kappa shape index (κ1) is 19.1. The molecule has 0 aliphatic heterocycles. The van der Waals surface area contributed by atoms with Crippen molar-refractivity contribution in [2.24, 2.45) is 0 Å². The topological polar surface area (TPSA) is 92.3 Å². The smallest absolute Gasteiger partial charge is 0.252 e. The van der Waals surface area contributed by atoms with Crippen molar-refractivity contribution in [3.8, 4) is 0 Å². The van der Waals surface area contributed by atoms with E-state index in [0.29, 0.717) is 5.56 Å². The lowest BCUT2D eigenvalue weighted by molar-refractivity contribution is -0.121. The standard InChI is InChI=1S/C17H20N2O4S2/c1-12(13-3-5-15(6-4-13)25(2,22)23)19-16(20)7-9-18-17(21)14-8-10-24-11-14/h3-6,8,10-12H,7,9H2,1-2H3,(H,18,21)(H,19,20). The van der Waals surface area contributed by atoms with Crippen molar-refractivity contribution in [2.45, 2.75) is 24.3 Å². The predicted molar refractivity (Wildman–Crippen MR) is 97.4 cm³/mol. The molecular weight excluding hydrogens is 360 g/mol. The monoisotopic (exact) mass is 380 g/mol. The van der Waals surface area contributed by atoms with Gasteiger partial charge in [-0.25, -0.2) is 8.42 Å². The third-order valence-corrected chi connectivity index (χ3v) is 5.42. The van der Waals surface area contributed by atoms with E-state index in [-0.39, 0.29) is 35.7 Å². The number of thiophene rings is 1. The molecule has 0 spiro atoms. The molecule has 25 heavy (non-hydrogen) atoms. The fourth-order valence-electron chi connectivity index (χ4n) is 2.19. The Balaban J connectivity index is 1.80. The zero-order valence-electron chi connectivity index (χ0n) is 14.0. The van der Waals surface area contributed by atoms with Gasteiger partial charge in [-0.2, -0.15) is 11.3 Å². The van der Waals surface area contributed by atoms with Crippen LogP contribution in [0.25, 0.3) is 0 Å². The van der Waals surface area contributed by atoms with Crippen LogP contribution in [0.1, 0.15) is 35.3 Å². The van der Waals surface area contributed by atoms with Crippen LogP contribution in [0.2, 0.25) is 0 Å². The normalized spacial score (nSPS) is 12.4. The van der Waals surface area contributed by atoms with Crippen molar-refractivity contribution in [2.75, 3.05) is 12.8 Å². The largest absolute Gasteiger partial charge is 0.351 e. The van der Waals surface area contributed by atoms with E-state index in [2.05, 4.69) is 10.6 Å². The summed E-state index contributed by atoms with van der Waals surface area (Å²) in [6.45, 7) is 2.07. The summed E-state index contributed by atoms with van der Waals surface area (Å²) in [7, 11) is -3.23. The highest BCUT2D eigenvalue weighted by atomic mass is 32.2. The van der Waals surface area contributed by atoms with Crippen molar-refractivity contribution < 1.29 is 18.0 Å². The second-order valence-electron chi connectivity index (χ2n) is 5.65. The molecule has 0 aliphatic carbocycles. The van der Waals surface area contributed by atoms with E-state index >= 15 is 0 Å². The molecule has 0 saturated carbocycles. The Bertz CT molecular complexity index is 828. The Labute approximate surface area is 151 Å². The second-order valence-corrected chi connectivity index (χ2v) is 8.44. The molecular formula is C17H20N2O4S2. The summed E-state index contributed by atoms with van der Waals surface area (Å²) in [6, 6.07) is 7.87. The van der Waals surface area contributed by atoms with Crippen molar-refractivity contribution in [1.82, 2.24) is 10.6 Å². The van der Waals surface area contributed by atoms with Gasteiger partial charge in [0.25, 0.3) is 5.91 Å². The number of hydrogen-bond acceptors (Lipinski definition) is 5. The Hall–Kier alpha value is -2.19. The van der Waals surface area contributed by atoms with Crippen LogP contribution < -0.4 is 10.6 Å². The maximum absolute atomic E-state index is 12.0. The molecule has 6 nitrogen and oxygen atoms in total. The average molecular weight is 380 g/mol. The van der Waals surface area contributed by atoms with Crippen LogP contribution in [-0.2, 0) is 14.6 Å². The fraction of sp³-hybridized carbons (Fsp3) is 0.294. The molecule has 2 N–H and O–H groups in total. The van der Waals surface area contributed by atoms with Gasteiger partial charge in [0.05, 0.1) is 10.9 Å². The SMILES string of the molecule is CC(NC(=O)CCNC(=O)c1ccsc1)c1ccc(S(C)(=O)=O)cc1. The van der Waals surface area contributed by atoms with Crippen LogP contribution >= 0.6 is 11.3 Å². The number of amides is 2. The van der Waals surface area contributed by atoms with E-state index in [1.807, 2.05) is 12.3 Å². The number of benzene rings is 1. The molecule has 0 saturated heterocycles. The van der Waals surface area contributed by atoms with E-state index in [9.17, 15) is 18.0 Å². The maximum Gasteiger partial charge on any atom is 0.252 e.